The molecule has 1 fully saturated rings. The lowest BCUT2D eigenvalue weighted by Gasteiger charge is -2.45. The number of carbonyl (C=O) groups excluding carboxylic acids is 1. The fraction of sp³-hybridized carbons (Fsp3) is 0.611. The van der Waals surface area contributed by atoms with Crippen molar-refractivity contribution in [1.82, 2.24) is 9.62 Å². The SMILES string of the molecule is COc1ccc2c(c1)CCOC21CCN(C(=O)CCNS(C)(=O)=O)CC1. The minimum Gasteiger partial charge on any atom is -0.497 e. The predicted molar refractivity (Wildman–Crippen MR) is 97.6 cm³/mol. The van der Waals surface area contributed by atoms with Gasteiger partial charge < -0.3 is 14.4 Å². The summed E-state index contributed by atoms with van der Waals surface area (Å²) in [6.45, 7) is 2.04. The number of benzene rings is 1. The third-order valence-corrected chi connectivity index (χ3v) is 5.91. The van der Waals surface area contributed by atoms with Crippen LogP contribution in [0.3, 0.4) is 0 Å². The van der Waals surface area contributed by atoms with Crippen LogP contribution < -0.4 is 9.46 Å². The molecule has 2 heterocycles. The molecule has 0 saturated carbocycles. The third-order valence-electron chi connectivity index (χ3n) is 5.18. The van der Waals surface area contributed by atoms with Gasteiger partial charge in [-0.3, -0.25) is 4.79 Å². The van der Waals surface area contributed by atoms with E-state index in [2.05, 4.69) is 16.9 Å². The number of ether oxygens (including phenoxy) is 2. The van der Waals surface area contributed by atoms with Crippen molar-refractivity contribution < 1.29 is 22.7 Å². The molecule has 0 radical (unpaired) electrons. The Balaban J connectivity index is 1.63. The van der Waals surface area contributed by atoms with Gasteiger partial charge in [0.2, 0.25) is 15.9 Å². The lowest BCUT2D eigenvalue weighted by Crippen LogP contribution is -2.48. The first-order chi connectivity index (χ1) is 12.3. The first kappa shape index (κ1) is 19.1. The van der Waals surface area contributed by atoms with Gasteiger partial charge in [0, 0.05) is 26.1 Å². The van der Waals surface area contributed by atoms with Crippen molar-refractivity contribution >= 4 is 15.9 Å². The summed E-state index contributed by atoms with van der Waals surface area (Å²) in [4.78, 5) is 14.1. The predicted octanol–water partition coefficient (Wildman–Crippen LogP) is 1.02. The Kier molecular flexibility index (Phi) is 5.55. The van der Waals surface area contributed by atoms with E-state index in [9.17, 15) is 13.2 Å². The highest BCUT2D eigenvalue weighted by molar-refractivity contribution is 7.88. The van der Waals surface area contributed by atoms with E-state index < -0.39 is 10.0 Å². The summed E-state index contributed by atoms with van der Waals surface area (Å²) in [6, 6.07) is 6.12. The van der Waals surface area contributed by atoms with E-state index in [1.807, 2.05) is 6.07 Å². The Bertz CT molecular complexity index is 770. The van der Waals surface area contributed by atoms with E-state index in [1.165, 1.54) is 11.1 Å². The molecule has 8 heteroatoms. The molecule has 1 saturated heterocycles. The average molecular weight is 382 g/mol. The topological polar surface area (TPSA) is 84.9 Å². The number of fused-ring (bicyclic) bond motifs is 2. The quantitative estimate of drug-likeness (QED) is 0.822. The number of rotatable bonds is 5. The van der Waals surface area contributed by atoms with Gasteiger partial charge >= 0.3 is 0 Å². The number of hydrogen-bond donors (Lipinski definition) is 1. The maximum absolute atomic E-state index is 12.3. The molecule has 2 aliphatic rings. The number of sulfonamides is 1. The Labute approximate surface area is 154 Å². The van der Waals surface area contributed by atoms with Crippen LogP contribution in [0, 0.1) is 0 Å². The zero-order valence-corrected chi connectivity index (χ0v) is 16.1. The van der Waals surface area contributed by atoms with E-state index >= 15 is 0 Å². The molecule has 0 aliphatic carbocycles. The Morgan fingerprint density at radius 1 is 1.35 bits per heavy atom. The summed E-state index contributed by atoms with van der Waals surface area (Å²) in [7, 11) is -1.60. The number of methoxy groups -OCH3 is 1. The zero-order chi connectivity index (χ0) is 18.8. The molecule has 0 unspecified atom stereocenters. The van der Waals surface area contributed by atoms with Gasteiger partial charge in [-0.2, -0.15) is 0 Å². The van der Waals surface area contributed by atoms with E-state index in [1.54, 1.807) is 12.0 Å². The third kappa shape index (κ3) is 4.19. The van der Waals surface area contributed by atoms with Gasteiger partial charge in [0.1, 0.15) is 5.75 Å². The molecule has 26 heavy (non-hydrogen) atoms. The lowest BCUT2D eigenvalue weighted by molar-refractivity contribution is -0.140. The van der Waals surface area contributed by atoms with Crippen LogP contribution in [-0.4, -0.2) is 58.8 Å². The molecule has 1 aromatic carbocycles. The van der Waals surface area contributed by atoms with Crippen molar-refractivity contribution in [2.45, 2.75) is 31.3 Å². The fourth-order valence-electron chi connectivity index (χ4n) is 3.81. The molecule has 1 amide bonds. The summed E-state index contributed by atoms with van der Waals surface area (Å²) in [6.07, 6.45) is 3.63. The molecular formula is C18H26N2O5S. The van der Waals surface area contributed by atoms with E-state index in [-0.39, 0.29) is 24.5 Å². The summed E-state index contributed by atoms with van der Waals surface area (Å²) in [5.74, 6) is 0.827. The van der Waals surface area contributed by atoms with Crippen LogP contribution in [0.25, 0.3) is 0 Å². The minimum atomic E-state index is -3.26. The van der Waals surface area contributed by atoms with Crippen molar-refractivity contribution in [2.75, 3.05) is 39.6 Å². The van der Waals surface area contributed by atoms with Crippen LogP contribution in [0.15, 0.2) is 18.2 Å². The number of piperidine rings is 1. The van der Waals surface area contributed by atoms with Gasteiger partial charge in [0.05, 0.1) is 25.6 Å². The molecule has 3 rings (SSSR count). The van der Waals surface area contributed by atoms with Gasteiger partial charge in [-0.25, -0.2) is 13.1 Å². The molecule has 1 N–H and O–H groups in total. The summed E-state index contributed by atoms with van der Waals surface area (Å²) in [5.41, 5.74) is 2.13. The fourth-order valence-corrected chi connectivity index (χ4v) is 4.29. The monoisotopic (exact) mass is 382 g/mol. The standard InChI is InChI=1S/C18H26N2O5S/c1-24-15-3-4-16-14(13-15)6-12-25-18(16)7-10-20(11-8-18)17(21)5-9-19-26(2,22)23/h3-4,13,19H,5-12H2,1-2H3. The van der Waals surface area contributed by atoms with E-state index in [0.29, 0.717) is 19.7 Å². The smallest absolute Gasteiger partial charge is 0.223 e. The Hall–Kier alpha value is -1.64. The number of nitrogens with one attached hydrogen (secondary N) is 1. The number of likely N-dealkylation sites (tertiary alicyclic amines) is 1. The molecule has 1 spiro atoms. The van der Waals surface area contributed by atoms with Crippen LogP contribution in [0.4, 0.5) is 0 Å². The molecule has 0 aromatic heterocycles. The Morgan fingerprint density at radius 3 is 2.73 bits per heavy atom. The van der Waals surface area contributed by atoms with Gasteiger partial charge in [0.25, 0.3) is 0 Å². The summed E-state index contributed by atoms with van der Waals surface area (Å²) in [5, 5.41) is 0. The van der Waals surface area contributed by atoms with Crippen LogP contribution in [-0.2, 0) is 31.6 Å². The van der Waals surface area contributed by atoms with Crippen LogP contribution in [0.2, 0.25) is 0 Å². The lowest BCUT2D eigenvalue weighted by atomic mass is 9.79. The molecule has 144 valence electrons. The Morgan fingerprint density at radius 2 is 2.08 bits per heavy atom. The highest BCUT2D eigenvalue weighted by Gasteiger charge is 2.41. The number of amides is 1. The van der Waals surface area contributed by atoms with Crippen LogP contribution in [0.1, 0.15) is 30.4 Å². The van der Waals surface area contributed by atoms with Crippen molar-refractivity contribution in [1.29, 1.82) is 0 Å². The van der Waals surface area contributed by atoms with E-state index in [0.717, 1.165) is 31.3 Å². The molecule has 2 aliphatic heterocycles. The minimum absolute atomic E-state index is 0.0261. The molecule has 0 atom stereocenters. The van der Waals surface area contributed by atoms with Crippen molar-refractivity contribution in [3.8, 4) is 5.75 Å². The highest BCUT2D eigenvalue weighted by atomic mass is 32.2. The molecule has 1 aromatic rings. The number of nitrogens with zero attached hydrogens (tertiary/aromatic N) is 1. The molecular weight excluding hydrogens is 356 g/mol. The van der Waals surface area contributed by atoms with Gasteiger partial charge in [0.15, 0.2) is 0 Å². The normalized spacial score (nSPS) is 19.2. The maximum atomic E-state index is 12.3. The van der Waals surface area contributed by atoms with Gasteiger partial charge in [-0.1, -0.05) is 6.07 Å². The summed E-state index contributed by atoms with van der Waals surface area (Å²) >= 11 is 0. The second-order valence-corrected chi connectivity index (χ2v) is 8.75. The van der Waals surface area contributed by atoms with Crippen molar-refractivity contribution in [3.05, 3.63) is 29.3 Å². The van der Waals surface area contributed by atoms with Crippen LogP contribution >= 0.6 is 0 Å². The highest BCUT2D eigenvalue weighted by Crippen LogP contribution is 2.42. The second kappa shape index (κ2) is 7.54. The average Bonchev–Trinajstić information content (AvgIpc) is 2.61. The first-order valence-corrected chi connectivity index (χ1v) is 10.8. The van der Waals surface area contributed by atoms with Crippen molar-refractivity contribution in [3.63, 3.8) is 0 Å². The molecule has 0 bridgehead atoms. The number of hydrogen-bond acceptors (Lipinski definition) is 5. The second-order valence-electron chi connectivity index (χ2n) is 6.91. The van der Waals surface area contributed by atoms with Crippen LogP contribution in [0.5, 0.6) is 5.75 Å². The first-order valence-electron chi connectivity index (χ1n) is 8.87. The maximum Gasteiger partial charge on any atom is 0.223 e. The largest absolute Gasteiger partial charge is 0.497 e. The molecule has 7 nitrogen and oxygen atoms in total. The van der Waals surface area contributed by atoms with Gasteiger partial charge in [-0.15, -0.1) is 0 Å². The summed E-state index contributed by atoms with van der Waals surface area (Å²) < 4.78 is 36.1. The number of carbonyl (C=O) groups is 1. The zero-order valence-electron chi connectivity index (χ0n) is 15.3. The van der Waals surface area contributed by atoms with E-state index in [4.69, 9.17) is 9.47 Å². The van der Waals surface area contributed by atoms with Crippen molar-refractivity contribution in [2.24, 2.45) is 0 Å². The van der Waals surface area contributed by atoms with Gasteiger partial charge in [-0.05, 0) is 42.5 Å².